The van der Waals surface area contributed by atoms with Crippen LogP contribution >= 0.6 is 0 Å². The van der Waals surface area contributed by atoms with Crippen molar-refractivity contribution in [2.24, 2.45) is 0 Å². The molecule has 3 aromatic rings. The monoisotopic (exact) mass is 393 g/mol. The minimum atomic E-state index is -5.08. The highest BCUT2D eigenvalue weighted by Gasteiger charge is 2.38. The second-order valence-electron chi connectivity index (χ2n) is 5.39. The van der Waals surface area contributed by atoms with Gasteiger partial charge < -0.3 is 14.9 Å². The van der Waals surface area contributed by atoms with Crippen molar-refractivity contribution in [1.29, 1.82) is 0 Å². The fraction of sp³-hybridized carbons (Fsp3) is 0.111. The minimum Gasteiger partial charge on any atom is -0.475 e. The lowest BCUT2D eigenvalue weighted by Crippen LogP contribution is -2.21. The molecule has 0 atom stereocenters. The average molecular weight is 393 g/mol. The summed E-state index contributed by atoms with van der Waals surface area (Å²) in [5, 5.41) is 13.7. The number of amides is 1. The standard InChI is InChI=1S/C16H13N3O2.C2HF3O2/c1-11-7-8-13(10-17-11)18-16(20)14-9-15(21-19-14)12-5-3-2-4-6-12;3-2(4,5)1(6)7/h2-10H,1H3,(H,18,20);(H,6,7). The summed E-state index contributed by atoms with van der Waals surface area (Å²) < 4.78 is 36.9. The fourth-order valence-electron chi connectivity index (χ4n) is 1.86. The van der Waals surface area contributed by atoms with Crippen LogP contribution in [0, 0.1) is 6.92 Å². The Hall–Kier alpha value is -3.69. The molecule has 7 nitrogen and oxygen atoms in total. The van der Waals surface area contributed by atoms with E-state index in [1.807, 2.05) is 43.3 Å². The maximum atomic E-state index is 12.1. The van der Waals surface area contributed by atoms with E-state index < -0.39 is 12.1 Å². The van der Waals surface area contributed by atoms with Gasteiger partial charge in [0.2, 0.25) is 0 Å². The first-order chi connectivity index (χ1) is 13.2. The number of anilines is 1. The number of hydrogen-bond acceptors (Lipinski definition) is 5. The number of hydrogen-bond donors (Lipinski definition) is 2. The van der Waals surface area contributed by atoms with Gasteiger partial charge in [0.1, 0.15) is 0 Å². The van der Waals surface area contributed by atoms with E-state index in [1.54, 1.807) is 18.3 Å². The van der Waals surface area contributed by atoms with Gasteiger partial charge in [0.25, 0.3) is 5.91 Å². The number of halogens is 3. The Bertz CT molecular complexity index is 939. The first-order valence-corrected chi connectivity index (χ1v) is 7.73. The molecule has 0 unspecified atom stereocenters. The lowest BCUT2D eigenvalue weighted by atomic mass is 10.1. The predicted octanol–water partition coefficient (Wildman–Crippen LogP) is 3.93. The summed E-state index contributed by atoms with van der Waals surface area (Å²) in [6.07, 6.45) is -3.48. The van der Waals surface area contributed by atoms with Gasteiger partial charge in [-0.3, -0.25) is 9.78 Å². The number of pyridine rings is 1. The quantitative estimate of drug-likeness (QED) is 0.699. The van der Waals surface area contributed by atoms with E-state index in [0.29, 0.717) is 11.4 Å². The Kier molecular flexibility index (Phi) is 6.48. The summed E-state index contributed by atoms with van der Waals surface area (Å²) in [6.45, 7) is 1.88. The number of rotatable bonds is 3. The molecule has 0 aliphatic carbocycles. The number of aryl methyl sites for hydroxylation is 1. The summed E-state index contributed by atoms with van der Waals surface area (Å²) in [5.74, 6) is -2.53. The molecule has 10 heteroatoms. The Morgan fingerprint density at radius 3 is 2.29 bits per heavy atom. The molecule has 0 radical (unpaired) electrons. The van der Waals surface area contributed by atoms with Gasteiger partial charge in [0.15, 0.2) is 11.5 Å². The van der Waals surface area contributed by atoms with Crippen molar-refractivity contribution < 1.29 is 32.4 Å². The maximum Gasteiger partial charge on any atom is 0.490 e. The number of nitrogens with zero attached hydrogens (tertiary/aromatic N) is 2. The van der Waals surface area contributed by atoms with E-state index >= 15 is 0 Å². The second-order valence-corrected chi connectivity index (χ2v) is 5.39. The molecule has 2 aromatic heterocycles. The zero-order valence-electron chi connectivity index (χ0n) is 14.4. The van der Waals surface area contributed by atoms with E-state index in [9.17, 15) is 18.0 Å². The molecule has 2 N–H and O–H groups in total. The highest BCUT2D eigenvalue weighted by Crippen LogP contribution is 2.20. The van der Waals surface area contributed by atoms with Crippen molar-refractivity contribution in [3.63, 3.8) is 0 Å². The molecule has 0 aliphatic rings. The number of carbonyl (C=O) groups excluding carboxylic acids is 1. The number of aromatic nitrogens is 2. The van der Waals surface area contributed by atoms with Crippen LogP contribution in [0.2, 0.25) is 0 Å². The van der Waals surface area contributed by atoms with Gasteiger partial charge >= 0.3 is 12.1 Å². The maximum absolute atomic E-state index is 12.1. The molecular weight excluding hydrogens is 379 g/mol. The third-order valence-corrected chi connectivity index (χ3v) is 3.21. The lowest BCUT2D eigenvalue weighted by Gasteiger charge is -2.01. The number of carboxylic acids is 1. The third kappa shape index (κ3) is 5.94. The Labute approximate surface area is 156 Å². The molecule has 1 aromatic carbocycles. The predicted molar refractivity (Wildman–Crippen MR) is 92.6 cm³/mol. The van der Waals surface area contributed by atoms with Crippen LogP contribution in [0.5, 0.6) is 0 Å². The van der Waals surface area contributed by atoms with E-state index in [0.717, 1.165) is 11.3 Å². The van der Waals surface area contributed by atoms with Crippen LogP contribution in [0.4, 0.5) is 18.9 Å². The molecule has 146 valence electrons. The van der Waals surface area contributed by atoms with Crippen molar-refractivity contribution in [2.75, 3.05) is 5.32 Å². The van der Waals surface area contributed by atoms with Gasteiger partial charge in [-0.25, -0.2) is 4.79 Å². The molecule has 0 saturated carbocycles. The lowest BCUT2D eigenvalue weighted by molar-refractivity contribution is -0.192. The first-order valence-electron chi connectivity index (χ1n) is 7.73. The largest absolute Gasteiger partial charge is 0.490 e. The number of benzene rings is 1. The Balaban J connectivity index is 0.000000345. The van der Waals surface area contributed by atoms with Crippen LogP contribution in [0.25, 0.3) is 11.3 Å². The van der Waals surface area contributed by atoms with Crippen LogP contribution in [-0.2, 0) is 4.79 Å². The molecule has 0 fully saturated rings. The molecule has 1 amide bonds. The van der Waals surface area contributed by atoms with Crippen molar-refractivity contribution in [3.05, 3.63) is 66.1 Å². The van der Waals surface area contributed by atoms with E-state index in [1.165, 1.54) is 0 Å². The number of aliphatic carboxylic acids is 1. The van der Waals surface area contributed by atoms with Gasteiger partial charge in [0.05, 0.1) is 11.9 Å². The van der Waals surface area contributed by atoms with Gasteiger partial charge in [0, 0.05) is 17.3 Å². The van der Waals surface area contributed by atoms with E-state index in [4.69, 9.17) is 14.4 Å². The topological polar surface area (TPSA) is 105 Å². The number of carbonyl (C=O) groups is 2. The molecule has 0 aliphatic heterocycles. The van der Waals surface area contributed by atoms with Crippen LogP contribution in [0.3, 0.4) is 0 Å². The first kappa shape index (κ1) is 20.6. The number of carboxylic acid groups (broad SMARTS) is 1. The van der Waals surface area contributed by atoms with Crippen molar-refractivity contribution >= 4 is 17.6 Å². The molecule has 0 spiro atoms. The molecule has 3 rings (SSSR count). The zero-order valence-corrected chi connectivity index (χ0v) is 14.4. The summed E-state index contributed by atoms with van der Waals surface area (Å²) in [6, 6.07) is 14.7. The third-order valence-electron chi connectivity index (χ3n) is 3.21. The van der Waals surface area contributed by atoms with Gasteiger partial charge in [-0.05, 0) is 19.1 Å². The Morgan fingerprint density at radius 1 is 1.11 bits per heavy atom. The minimum absolute atomic E-state index is 0.231. The molecule has 28 heavy (non-hydrogen) atoms. The highest BCUT2D eigenvalue weighted by molar-refractivity contribution is 6.03. The normalized spacial score (nSPS) is 10.6. The smallest absolute Gasteiger partial charge is 0.475 e. The van der Waals surface area contributed by atoms with Crippen LogP contribution in [-0.4, -0.2) is 33.3 Å². The Morgan fingerprint density at radius 2 is 1.75 bits per heavy atom. The molecule has 2 heterocycles. The average Bonchev–Trinajstić information content (AvgIpc) is 3.14. The molecule has 0 saturated heterocycles. The summed E-state index contributed by atoms with van der Waals surface area (Å²) in [5.41, 5.74) is 2.62. The van der Waals surface area contributed by atoms with Gasteiger partial charge in [-0.1, -0.05) is 35.5 Å². The SMILES string of the molecule is Cc1ccc(NC(=O)c2cc(-c3ccccc3)on2)cn1.O=C(O)C(F)(F)F. The summed E-state index contributed by atoms with van der Waals surface area (Å²) in [4.78, 5) is 25.1. The van der Waals surface area contributed by atoms with E-state index in [2.05, 4.69) is 15.5 Å². The summed E-state index contributed by atoms with van der Waals surface area (Å²) >= 11 is 0. The van der Waals surface area contributed by atoms with Crippen LogP contribution in [0.1, 0.15) is 16.2 Å². The zero-order chi connectivity index (χ0) is 20.7. The van der Waals surface area contributed by atoms with Crippen molar-refractivity contribution in [3.8, 4) is 11.3 Å². The van der Waals surface area contributed by atoms with Crippen LogP contribution < -0.4 is 5.32 Å². The second kappa shape index (κ2) is 8.80. The number of alkyl halides is 3. The van der Waals surface area contributed by atoms with Gasteiger partial charge in [-0.2, -0.15) is 13.2 Å². The number of nitrogens with one attached hydrogen (secondary N) is 1. The van der Waals surface area contributed by atoms with Crippen LogP contribution in [0.15, 0.2) is 59.3 Å². The summed E-state index contributed by atoms with van der Waals surface area (Å²) in [7, 11) is 0. The van der Waals surface area contributed by atoms with Crippen molar-refractivity contribution in [2.45, 2.75) is 13.1 Å². The molecule has 0 bridgehead atoms. The molecular formula is C18H14F3N3O4. The van der Waals surface area contributed by atoms with E-state index in [-0.39, 0.29) is 11.6 Å². The van der Waals surface area contributed by atoms with Gasteiger partial charge in [-0.15, -0.1) is 0 Å². The van der Waals surface area contributed by atoms with Crippen molar-refractivity contribution in [1.82, 2.24) is 10.1 Å². The fourth-order valence-corrected chi connectivity index (χ4v) is 1.86. The highest BCUT2D eigenvalue weighted by atomic mass is 19.4.